The number of hydrogen-bond acceptors (Lipinski definition) is 7. The quantitative estimate of drug-likeness (QED) is 0.339. The van der Waals surface area contributed by atoms with Crippen molar-refractivity contribution in [1.82, 2.24) is 9.88 Å². The molecule has 2 heterocycles. The van der Waals surface area contributed by atoms with Gasteiger partial charge in [0.1, 0.15) is 17.3 Å². The van der Waals surface area contributed by atoms with E-state index >= 15 is 0 Å². The molecule has 3 aromatic rings. The molecule has 4 rings (SSSR count). The van der Waals surface area contributed by atoms with Gasteiger partial charge in [-0.15, -0.1) is 0 Å². The Morgan fingerprint density at radius 3 is 2.16 bits per heavy atom. The van der Waals surface area contributed by atoms with Crippen LogP contribution in [-0.2, 0) is 19.4 Å². The van der Waals surface area contributed by atoms with Gasteiger partial charge in [-0.3, -0.25) is 4.98 Å². The number of rotatable bonds is 11. The average Bonchev–Trinajstić information content (AvgIpc) is 2.94. The first-order valence-corrected chi connectivity index (χ1v) is 12.2. The van der Waals surface area contributed by atoms with Crippen molar-refractivity contribution in [1.29, 1.82) is 0 Å². The van der Waals surface area contributed by atoms with Crippen LogP contribution in [0.5, 0.6) is 23.0 Å². The SMILES string of the molecule is COc1ccc(CN2[CH]C(Cc3ccc(OC)c(OC)c3)=C(CCc3cc(OC)ccn3)N=C2C)cc1. The van der Waals surface area contributed by atoms with Crippen LogP contribution in [0.25, 0.3) is 0 Å². The molecule has 7 heteroatoms. The Morgan fingerprint density at radius 2 is 1.46 bits per heavy atom. The number of ether oxygens (including phenoxy) is 4. The zero-order chi connectivity index (χ0) is 26.2. The maximum absolute atomic E-state index is 5.54. The number of hydrogen-bond donors (Lipinski definition) is 0. The van der Waals surface area contributed by atoms with E-state index in [-0.39, 0.29) is 0 Å². The van der Waals surface area contributed by atoms with Crippen LogP contribution in [0.2, 0.25) is 0 Å². The Morgan fingerprint density at radius 1 is 0.730 bits per heavy atom. The molecular formula is C30H34N3O4. The van der Waals surface area contributed by atoms with Crippen LogP contribution in [0.4, 0.5) is 0 Å². The summed E-state index contributed by atoms with van der Waals surface area (Å²) < 4.78 is 21.6. The molecule has 0 unspecified atom stereocenters. The minimum Gasteiger partial charge on any atom is -0.497 e. The zero-order valence-electron chi connectivity index (χ0n) is 22.2. The molecule has 1 aliphatic rings. The maximum atomic E-state index is 5.54. The van der Waals surface area contributed by atoms with E-state index in [0.29, 0.717) is 11.5 Å². The lowest BCUT2D eigenvalue weighted by Gasteiger charge is -2.30. The first-order chi connectivity index (χ1) is 18.0. The van der Waals surface area contributed by atoms with Gasteiger partial charge in [-0.2, -0.15) is 0 Å². The van der Waals surface area contributed by atoms with Gasteiger partial charge in [0.15, 0.2) is 11.5 Å². The summed E-state index contributed by atoms with van der Waals surface area (Å²) in [6.07, 6.45) is 4.04. The number of nitrogens with zero attached hydrogens (tertiary/aromatic N) is 3. The van der Waals surface area contributed by atoms with E-state index in [1.165, 1.54) is 5.56 Å². The van der Waals surface area contributed by atoms with Crippen LogP contribution in [0.15, 0.2) is 77.1 Å². The van der Waals surface area contributed by atoms with Gasteiger partial charge in [-0.05, 0) is 73.2 Å². The van der Waals surface area contributed by atoms with E-state index in [1.54, 1.807) is 34.6 Å². The lowest BCUT2D eigenvalue weighted by molar-refractivity contribution is 0.354. The highest BCUT2D eigenvalue weighted by molar-refractivity contribution is 5.83. The van der Waals surface area contributed by atoms with E-state index in [2.05, 4.69) is 41.6 Å². The number of aliphatic imine (C=N–C) groups is 1. The first kappa shape index (κ1) is 26.1. The van der Waals surface area contributed by atoms with Gasteiger partial charge in [0.2, 0.25) is 0 Å². The topological polar surface area (TPSA) is 65.4 Å². The second-order valence-corrected chi connectivity index (χ2v) is 8.79. The lowest BCUT2D eigenvalue weighted by atomic mass is 9.98. The maximum Gasteiger partial charge on any atom is 0.160 e. The molecule has 0 N–H and O–H groups in total. The van der Waals surface area contributed by atoms with Crippen molar-refractivity contribution >= 4 is 5.84 Å². The van der Waals surface area contributed by atoms with Crippen molar-refractivity contribution in [2.24, 2.45) is 4.99 Å². The highest BCUT2D eigenvalue weighted by atomic mass is 16.5. The number of amidine groups is 1. The van der Waals surface area contributed by atoms with Gasteiger partial charge in [-0.25, -0.2) is 4.99 Å². The summed E-state index contributed by atoms with van der Waals surface area (Å²) in [5.74, 6) is 4.05. The second-order valence-electron chi connectivity index (χ2n) is 8.79. The average molecular weight is 501 g/mol. The van der Waals surface area contributed by atoms with Crippen LogP contribution in [0.3, 0.4) is 0 Å². The molecule has 0 atom stereocenters. The molecule has 1 aliphatic heterocycles. The molecule has 1 radical (unpaired) electrons. The first-order valence-electron chi connectivity index (χ1n) is 12.2. The van der Waals surface area contributed by atoms with Gasteiger partial charge in [0.05, 0.1) is 35.0 Å². The third kappa shape index (κ3) is 6.61. The summed E-state index contributed by atoms with van der Waals surface area (Å²) in [6, 6.07) is 18.0. The summed E-state index contributed by atoms with van der Waals surface area (Å²) in [7, 11) is 6.65. The van der Waals surface area contributed by atoms with E-state index in [4.69, 9.17) is 23.9 Å². The summed E-state index contributed by atoms with van der Waals surface area (Å²) in [4.78, 5) is 11.8. The van der Waals surface area contributed by atoms with Crippen molar-refractivity contribution in [3.05, 3.63) is 95.4 Å². The number of allylic oxidation sites excluding steroid dienone is 1. The van der Waals surface area contributed by atoms with Crippen LogP contribution >= 0.6 is 0 Å². The van der Waals surface area contributed by atoms with Crippen LogP contribution in [0.1, 0.15) is 30.2 Å². The smallest absolute Gasteiger partial charge is 0.160 e. The minimum atomic E-state index is 0.715. The van der Waals surface area contributed by atoms with Crippen LogP contribution in [-0.4, -0.2) is 44.2 Å². The molecule has 37 heavy (non-hydrogen) atoms. The summed E-state index contributed by atoms with van der Waals surface area (Å²) in [5, 5.41) is 0. The predicted molar refractivity (Wildman–Crippen MR) is 145 cm³/mol. The fourth-order valence-electron chi connectivity index (χ4n) is 4.32. The van der Waals surface area contributed by atoms with Crippen molar-refractivity contribution < 1.29 is 18.9 Å². The predicted octanol–water partition coefficient (Wildman–Crippen LogP) is 5.64. The summed E-state index contributed by atoms with van der Waals surface area (Å²) in [5.41, 5.74) is 5.50. The van der Waals surface area contributed by atoms with Gasteiger partial charge in [0.25, 0.3) is 0 Å². The normalized spacial score (nSPS) is 13.3. The molecule has 0 saturated carbocycles. The largest absolute Gasteiger partial charge is 0.497 e. The fraction of sp³-hybridized carbons (Fsp3) is 0.300. The van der Waals surface area contributed by atoms with E-state index in [1.807, 2.05) is 36.4 Å². The number of pyridine rings is 1. The van der Waals surface area contributed by atoms with Crippen LogP contribution in [0, 0.1) is 6.54 Å². The second kappa shape index (κ2) is 12.3. The number of methoxy groups -OCH3 is 4. The van der Waals surface area contributed by atoms with Gasteiger partial charge in [0, 0.05) is 30.2 Å². The Labute approximate surface area is 219 Å². The summed E-state index contributed by atoms with van der Waals surface area (Å²) >= 11 is 0. The molecular weight excluding hydrogens is 466 g/mol. The van der Waals surface area contributed by atoms with E-state index in [0.717, 1.165) is 65.7 Å². The molecule has 0 spiro atoms. The van der Waals surface area contributed by atoms with Crippen molar-refractivity contribution in [3.8, 4) is 23.0 Å². The minimum absolute atomic E-state index is 0.715. The molecule has 0 saturated heterocycles. The third-order valence-electron chi connectivity index (χ3n) is 6.39. The third-order valence-corrected chi connectivity index (χ3v) is 6.39. The number of benzene rings is 2. The molecule has 0 aliphatic carbocycles. The number of aromatic nitrogens is 1. The van der Waals surface area contributed by atoms with Crippen molar-refractivity contribution in [2.45, 2.75) is 32.7 Å². The molecule has 1 aromatic heterocycles. The molecule has 0 fully saturated rings. The molecule has 0 amide bonds. The molecule has 2 aromatic carbocycles. The fourth-order valence-corrected chi connectivity index (χ4v) is 4.32. The van der Waals surface area contributed by atoms with Crippen LogP contribution < -0.4 is 18.9 Å². The highest BCUT2D eigenvalue weighted by Crippen LogP contribution is 2.32. The molecule has 0 bridgehead atoms. The van der Waals surface area contributed by atoms with Crippen molar-refractivity contribution in [3.63, 3.8) is 0 Å². The Hall–Kier alpha value is -4.00. The monoisotopic (exact) mass is 500 g/mol. The Bertz CT molecular complexity index is 1270. The molecule has 193 valence electrons. The molecule has 7 nitrogen and oxygen atoms in total. The van der Waals surface area contributed by atoms with Gasteiger partial charge < -0.3 is 23.8 Å². The standard InChI is InChI=1S/C30H34N3O4/c1-21-32-28(12-9-25-18-27(35-3)14-15-31-25)24(16-23-8-13-29(36-4)30(17-23)37-5)20-33(21)19-22-6-10-26(34-2)11-7-22/h6-8,10-11,13-15,17-18,20H,9,12,16,19H2,1-5H3. The van der Waals surface area contributed by atoms with Gasteiger partial charge in [-0.1, -0.05) is 18.2 Å². The van der Waals surface area contributed by atoms with E-state index in [9.17, 15) is 0 Å². The highest BCUT2D eigenvalue weighted by Gasteiger charge is 2.21. The Kier molecular flexibility index (Phi) is 8.67. The van der Waals surface area contributed by atoms with Crippen molar-refractivity contribution in [2.75, 3.05) is 28.4 Å². The van der Waals surface area contributed by atoms with E-state index < -0.39 is 0 Å². The number of aryl methyl sites for hydroxylation is 1. The zero-order valence-corrected chi connectivity index (χ0v) is 22.2. The Balaban J connectivity index is 1.59. The summed E-state index contributed by atoms with van der Waals surface area (Å²) in [6.45, 7) is 4.99. The lowest BCUT2D eigenvalue weighted by Crippen LogP contribution is -2.30. The van der Waals surface area contributed by atoms with Gasteiger partial charge >= 0.3 is 0 Å².